The van der Waals surface area contributed by atoms with E-state index in [2.05, 4.69) is 39.1 Å². The summed E-state index contributed by atoms with van der Waals surface area (Å²) in [5.41, 5.74) is -0.0584. The highest BCUT2D eigenvalue weighted by Crippen LogP contribution is 2.73. The standard InChI is InChI=1S/C36H51BF2N4O5/c1-32(2,43-13-12-36(38,39)23-43)19-25(21-40)31(45)42-14-15-46-27(22-42)18-30(44)41-29(16-24-10-8-7-9-11-24)37-47-28-17-26-20-34(5,33(26,3)4)35(28,6)48-37/h7-11,25-29H,12-20,22-23H2,1-6H3,(H,41,44)/t25?,26-,27-,28-,29+,34-,35-/m1/s1. The molecule has 7 atom stereocenters. The lowest BCUT2D eigenvalue weighted by molar-refractivity contribution is -0.266. The first-order valence-corrected chi connectivity index (χ1v) is 17.6. The van der Waals surface area contributed by atoms with Gasteiger partial charge in [-0.15, -0.1) is 0 Å². The number of morpholine rings is 1. The average Bonchev–Trinajstić information content (AvgIpc) is 3.60. The van der Waals surface area contributed by atoms with Crippen LogP contribution < -0.4 is 5.32 Å². The van der Waals surface area contributed by atoms with E-state index >= 15 is 0 Å². The van der Waals surface area contributed by atoms with E-state index in [0.29, 0.717) is 18.9 Å². The lowest BCUT2D eigenvalue weighted by atomic mass is 9.35. The second kappa shape index (κ2) is 12.6. The number of nitriles is 1. The summed E-state index contributed by atoms with van der Waals surface area (Å²) in [6.45, 7) is 13.3. The summed E-state index contributed by atoms with van der Waals surface area (Å²) in [6, 6.07) is 12.1. The Morgan fingerprint density at radius 1 is 1.17 bits per heavy atom. The second-order valence-corrected chi connectivity index (χ2v) is 16.5. The van der Waals surface area contributed by atoms with Crippen LogP contribution in [0.25, 0.3) is 0 Å². The summed E-state index contributed by atoms with van der Waals surface area (Å²) in [6.07, 6.45) is 1.91. The number of nitrogens with zero attached hydrogens (tertiary/aromatic N) is 3. The highest BCUT2D eigenvalue weighted by molar-refractivity contribution is 6.48. The third kappa shape index (κ3) is 6.29. The van der Waals surface area contributed by atoms with Crippen molar-refractivity contribution in [3.8, 4) is 6.07 Å². The molecule has 0 radical (unpaired) electrons. The molecule has 262 valence electrons. The number of amides is 2. The molecule has 3 aliphatic heterocycles. The number of rotatable bonds is 10. The van der Waals surface area contributed by atoms with Crippen LogP contribution in [-0.4, -0.2) is 96.7 Å². The molecular formula is C36H51BF2N4O5. The third-order valence-corrected chi connectivity index (χ3v) is 13.0. The molecule has 3 saturated heterocycles. The van der Waals surface area contributed by atoms with Gasteiger partial charge in [-0.1, -0.05) is 51.1 Å². The van der Waals surface area contributed by atoms with E-state index in [9.17, 15) is 23.6 Å². The predicted octanol–water partition coefficient (Wildman–Crippen LogP) is 4.64. The minimum atomic E-state index is -2.76. The number of carbonyl (C=O) groups is 2. The molecule has 2 amide bonds. The van der Waals surface area contributed by atoms with Gasteiger partial charge in [0.25, 0.3) is 5.92 Å². The predicted molar refractivity (Wildman–Crippen MR) is 177 cm³/mol. The van der Waals surface area contributed by atoms with Crippen LogP contribution in [0.3, 0.4) is 0 Å². The van der Waals surface area contributed by atoms with Crippen molar-refractivity contribution in [1.82, 2.24) is 15.1 Å². The number of likely N-dealkylation sites (tertiary alicyclic amines) is 1. The van der Waals surface area contributed by atoms with Crippen LogP contribution in [0, 0.1) is 34.0 Å². The fourth-order valence-corrected chi connectivity index (χ4v) is 9.28. The van der Waals surface area contributed by atoms with Crippen molar-refractivity contribution < 1.29 is 32.4 Å². The quantitative estimate of drug-likeness (QED) is 0.363. The van der Waals surface area contributed by atoms with Gasteiger partial charge in [0.1, 0.15) is 5.92 Å². The van der Waals surface area contributed by atoms with Crippen molar-refractivity contribution in [3.05, 3.63) is 35.9 Å². The van der Waals surface area contributed by atoms with Crippen LogP contribution >= 0.6 is 0 Å². The maximum absolute atomic E-state index is 13.9. The molecule has 48 heavy (non-hydrogen) atoms. The van der Waals surface area contributed by atoms with Gasteiger partial charge in [-0.2, -0.15) is 5.26 Å². The van der Waals surface area contributed by atoms with Gasteiger partial charge in [-0.05, 0) is 63.4 Å². The monoisotopic (exact) mass is 668 g/mol. The van der Waals surface area contributed by atoms with E-state index in [1.807, 2.05) is 44.2 Å². The van der Waals surface area contributed by atoms with Crippen LogP contribution in [0.15, 0.2) is 30.3 Å². The van der Waals surface area contributed by atoms with Gasteiger partial charge in [0.15, 0.2) is 0 Å². The molecule has 3 aliphatic carbocycles. The normalized spacial score (nSPS) is 33.7. The molecule has 3 heterocycles. The van der Waals surface area contributed by atoms with Crippen molar-refractivity contribution >= 4 is 18.9 Å². The first-order chi connectivity index (χ1) is 22.5. The molecule has 7 rings (SSSR count). The Morgan fingerprint density at radius 2 is 1.90 bits per heavy atom. The second-order valence-electron chi connectivity index (χ2n) is 16.5. The molecule has 12 heteroatoms. The number of hydrogen-bond acceptors (Lipinski definition) is 7. The van der Waals surface area contributed by atoms with Crippen molar-refractivity contribution in [3.63, 3.8) is 0 Å². The minimum Gasteiger partial charge on any atom is -0.404 e. The summed E-state index contributed by atoms with van der Waals surface area (Å²) >= 11 is 0. The van der Waals surface area contributed by atoms with E-state index in [1.165, 1.54) is 0 Å². The van der Waals surface area contributed by atoms with Crippen molar-refractivity contribution in [2.45, 2.75) is 115 Å². The van der Waals surface area contributed by atoms with E-state index < -0.39 is 42.1 Å². The smallest absolute Gasteiger partial charge is 0.404 e. The molecule has 9 nitrogen and oxygen atoms in total. The Morgan fingerprint density at radius 3 is 2.54 bits per heavy atom. The number of ether oxygens (including phenoxy) is 1. The number of hydrogen-bond donors (Lipinski definition) is 1. The van der Waals surface area contributed by atoms with Crippen LogP contribution in [0.2, 0.25) is 0 Å². The Hall–Kier alpha value is -2.59. The summed E-state index contributed by atoms with van der Waals surface area (Å²) in [4.78, 5) is 30.4. The number of benzene rings is 1. The van der Waals surface area contributed by atoms with E-state index in [-0.39, 0.29) is 74.3 Å². The highest BCUT2D eigenvalue weighted by atomic mass is 19.3. The first-order valence-electron chi connectivity index (χ1n) is 17.6. The minimum absolute atomic E-state index is 0.0287. The van der Waals surface area contributed by atoms with Gasteiger partial charge in [-0.3, -0.25) is 14.5 Å². The van der Waals surface area contributed by atoms with Crippen LogP contribution in [-0.2, 0) is 30.1 Å². The molecule has 3 saturated carbocycles. The molecular weight excluding hydrogens is 617 g/mol. The number of halogens is 2. The van der Waals surface area contributed by atoms with E-state index in [4.69, 9.17) is 14.0 Å². The zero-order chi connectivity index (χ0) is 34.7. The van der Waals surface area contributed by atoms with E-state index in [1.54, 1.807) is 9.80 Å². The van der Waals surface area contributed by atoms with Gasteiger partial charge in [0.05, 0.1) is 49.4 Å². The average molecular weight is 669 g/mol. The molecule has 1 aromatic carbocycles. The van der Waals surface area contributed by atoms with Gasteiger partial charge in [0, 0.05) is 37.0 Å². The van der Waals surface area contributed by atoms with Crippen molar-refractivity contribution in [2.75, 3.05) is 32.8 Å². The fourth-order valence-electron chi connectivity index (χ4n) is 9.28. The largest absolute Gasteiger partial charge is 0.482 e. The number of nitrogens with one attached hydrogen (secondary N) is 1. The molecule has 1 N–H and O–H groups in total. The van der Waals surface area contributed by atoms with Crippen LogP contribution in [0.4, 0.5) is 8.78 Å². The van der Waals surface area contributed by atoms with Gasteiger partial charge < -0.3 is 24.3 Å². The number of alkyl halides is 2. The molecule has 6 aliphatic rings. The lowest BCUT2D eigenvalue weighted by Gasteiger charge is -2.71. The number of carbonyl (C=O) groups excluding carboxylic acids is 2. The van der Waals surface area contributed by atoms with Crippen LogP contribution in [0.5, 0.6) is 0 Å². The summed E-state index contributed by atoms with van der Waals surface area (Å²) in [5, 5.41) is 13.1. The fraction of sp³-hybridized carbons (Fsp3) is 0.750. The highest BCUT2D eigenvalue weighted by Gasteiger charge is 2.75. The van der Waals surface area contributed by atoms with Crippen molar-refractivity contribution in [1.29, 1.82) is 5.26 Å². The lowest BCUT2D eigenvalue weighted by Crippen LogP contribution is -2.72. The molecule has 1 unspecified atom stereocenters. The van der Waals surface area contributed by atoms with Gasteiger partial charge >= 0.3 is 7.12 Å². The SMILES string of the molecule is CC(C)(CC(C#N)C(=O)N1CCO[C@H](CC(=O)N[C@@H](Cc2ccccc2)B2O[C@@H]3C[C@@H]4C[C@](C)(C4(C)C)[C@]3(C)O2)C1)N1CCC(F)(F)C1. The zero-order valence-electron chi connectivity index (χ0n) is 29.3. The third-order valence-electron chi connectivity index (χ3n) is 13.0. The maximum atomic E-state index is 13.9. The molecule has 0 spiro atoms. The zero-order valence-corrected chi connectivity index (χ0v) is 29.3. The Bertz CT molecular complexity index is 1420. The first kappa shape index (κ1) is 35.2. The molecule has 1 aromatic rings. The molecule has 2 bridgehead atoms. The van der Waals surface area contributed by atoms with Gasteiger partial charge in [-0.25, -0.2) is 8.78 Å². The van der Waals surface area contributed by atoms with E-state index in [0.717, 1.165) is 18.4 Å². The Kier molecular flexibility index (Phi) is 9.27. The molecule has 0 aromatic heterocycles. The van der Waals surface area contributed by atoms with Crippen molar-refractivity contribution in [2.24, 2.45) is 22.7 Å². The molecule has 6 fully saturated rings. The maximum Gasteiger partial charge on any atom is 0.482 e. The summed E-state index contributed by atoms with van der Waals surface area (Å²) < 4.78 is 47.2. The topological polar surface area (TPSA) is 104 Å². The summed E-state index contributed by atoms with van der Waals surface area (Å²) in [7, 11) is -0.614. The van der Waals surface area contributed by atoms with Gasteiger partial charge in [0.2, 0.25) is 11.8 Å². The van der Waals surface area contributed by atoms with Crippen LogP contribution in [0.1, 0.15) is 79.2 Å². The Labute approximate surface area is 284 Å². The Balaban J connectivity index is 1.09. The summed E-state index contributed by atoms with van der Waals surface area (Å²) in [5.74, 6) is -4.19.